The summed E-state index contributed by atoms with van der Waals surface area (Å²) in [5.41, 5.74) is 3.20. The maximum Gasteiger partial charge on any atom is 0.0351 e. The molecule has 1 saturated heterocycles. The minimum atomic E-state index is 0.673. The number of hydrogen-bond acceptors (Lipinski definition) is 2. The van der Waals surface area contributed by atoms with Gasteiger partial charge in [-0.25, -0.2) is 0 Å². The Balaban J connectivity index is 1.74. The van der Waals surface area contributed by atoms with Crippen molar-refractivity contribution in [1.82, 2.24) is 9.80 Å². The molecule has 1 aliphatic heterocycles. The van der Waals surface area contributed by atoms with Crippen LogP contribution in [0.1, 0.15) is 50.3 Å². The monoisotopic (exact) mass is 272 g/mol. The quantitative estimate of drug-likeness (QED) is 0.813. The summed E-state index contributed by atoms with van der Waals surface area (Å²) in [4.78, 5) is 5.38. The van der Waals surface area contributed by atoms with Crippen molar-refractivity contribution in [1.29, 1.82) is 0 Å². The average molecular weight is 272 g/mol. The smallest absolute Gasteiger partial charge is 0.0351 e. The van der Waals surface area contributed by atoms with Crippen molar-refractivity contribution in [2.75, 3.05) is 26.2 Å². The van der Waals surface area contributed by atoms with E-state index in [1.165, 1.54) is 51.9 Å². The fourth-order valence-electron chi connectivity index (χ4n) is 3.89. The first-order chi connectivity index (χ1) is 9.75. The second kappa shape index (κ2) is 6.28. The Morgan fingerprint density at radius 2 is 1.85 bits per heavy atom. The average Bonchev–Trinajstić information content (AvgIpc) is 2.72. The Hall–Kier alpha value is -0.860. The van der Waals surface area contributed by atoms with Crippen LogP contribution in [0.4, 0.5) is 0 Å². The lowest BCUT2D eigenvalue weighted by Gasteiger charge is -2.35. The molecule has 20 heavy (non-hydrogen) atoms. The third-order valence-corrected chi connectivity index (χ3v) is 5.07. The number of rotatable bonds is 2. The summed E-state index contributed by atoms with van der Waals surface area (Å²) in [7, 11) is 0. The fourth-order valence-corrected chi connectivity index (χ4v) is 3.89. The summed E-state index contributed by atoms with van der Waals surface area (Å²) in [5, 5.41) is 0. The fraction of sp³-hybridized carbons (Fsp3) is 0.667. The van der Waals surface area contributed by atoms with Crippen molar-refractivity contribution in [3.63, 3.8) is 0 Å². The molecule has 1 fully saturated rings. The van der Waals surface area contributed by atoms with Crippen LogP contribution in [0.3, 0.4) is 0 Å². The van der Waals surface area contributed by atoms with Crippen LogP contribution in [-0.4, -0.2) is 42.0 Å². The van der Waals surface area contributed by atoms with Gasteiger partial charge in [0.25, 0.3) is 0 Å². The third kappa shape index (κ3) is 2.91. The van der Waals surface area contributed by atoms with Gasteiger partial charge < -0.3 is 0 Å². The van der Waals surface area contributed by atoms with Gasteiger partial charge in [0.05, 0.1) is 0 Å². The van der Waals surface area contributed by atoms with Crippen molar-refractivity contribution in [3.8, 4) is 0 Å². The molecule has 0 N–H and O–H groups in total. The first kappa shape index (κ1) is 14.1. The van der Waals surface area contributed by atoms with E-state index in [0.717, 1.165) is 0 Å². The maximum atomic E-state index is 2.75. The molecule has 3 rings (SSSR count). The minimum Gasteiger partial charge on any atom is -0.300 e. The van der Waals surface area contributed by atoms with E-state index in [1.54, 1.807) is 11.1 Å². The van der Waals surface area contributed by atoms with Gasteiger partial charge in [-0.1, -0.05) is 24.3 Å². The van der Waals surface area contributed by atoms with E-state index >= 15 is 0 Å². The van der Waals surface area contributed by atoms with Crippen molar-refractivity contribution in [3.05, 3.63) is 35.4 Å². The first-order valence-electron chi connectivity index (χ1n) is 8.31. The number of aryl methyl sites for hydroxylation is 1. The number of fused-ring (bicyclic) bond motifs is 1. The summed E-state index contributed by atoms with van der Waals surface area (Å²) in [6.07, 6.45) is 5.29. The molecule has 0 amide bonds. The summed E-state index contributed by atoms with van der Waals surface area (Å²) < 4.78 is 0. The van der Waals surface area contributed by atoms with Crippen molar-refractivity contribution >= 4 is 0 Å². The predicted molar refractivity (Wildman–Crippen MR) is 85.0 cm³/mol. The molecule has 0 saturated carbocycles. The Morgan fingerprint density at radius 3 is 2.70 bits per heavy atom. The van der Waals surface area contributed by atoms with Gasteiger partial charge in [0.15, 0.2) is 0 Å². The van der Waals surface area contributed by atoms with E-state index in [0.29, 0.717) is 12.1 Å². The first-order valence-corrected chi connectivity index (χ1v) is 8.31. The largest absolute Gasteiger partial charge is 0.300 e. The molecule has 0 spiro atoms. The van der Waals surface area contributed by atoms with Crippen molar-refractivity contribution in [2.45, 2.75) is 51.6 Å². The molecule has 1 atom stereocenters. The lowest BCUT2D eigenvalue weighted by atomic mass is 9.87. The second-order valence-corrected chi connectivity index (χ2v) is 6.63. The molecule has 110 valence electrons. The van der Waals surface area contributed by atoms with Gasteiger partial charge in [0.2, 0.25) is 0 Å². The highest BCUT2D eigenvalue weighted by Crippen LogP contribution is 2.34. The third-order valence-electron chi connectivity index (χ3n) is 5.07. The molecule has 0 unspecified atom stereocenters. The summed E-state index contributed by atoms with van der Waals surface area (Å²) in [6.45, 7) is 9.65. The summed E-state index contributed by atoms with van der Waals surface area (Å²) in [5.74, 6) is 0. The van der Waals surface area contributed by atoms with Crippen LogP contribution in [0.25, 0.3) is 0 Å². The van der Waals surface area contributed by atoms with Crippen molar-refractivity contribution < 1.29 is 0 Å². The molecule has 1 aromatic rings. The van der Waals surface area contributed by atoms with Gasteiger partial charge in [-0.15, -0.1) is 0 Å². The molecular weight excluding hydrogens is 244 g/mol. The zero-order valence-corrected chi connectivity index (χ0v) is 13.0. The molecule has 2 aliphatic rings. The molecule has 2 nitrogen and oxygen atoms in total. The van der Waals surface area contributed by atoms with Crippen LogP contribution in [0.2, 0.25) is 0 Å². The molecule has 0 bridgehead atoms. The number of nitrogens with zero attached hydrogens (tertiary/aromatic N) is 2. The van der Waals surface area contributed by atoms with Crippen LogP contribution in [0.15, 0.2) is 24.3 Å². The Kier molecular flexibility index (Phi) is 4.42. The van der Waals surface area contributed by atoms with Gasteiger partial charge in [0.1, 0.15) is 0 Å². The highest BCUT2D eigenvalue weighted by molar-refractivity contribution is 5.32. The van der Waals surface area contributed by atoms with E-state index in [-0.39, 0.29) is 0 Å². The number of benzene rings is 1. The van der Waals surface area contributed by atoms with Gasteiger partial charge in [-0.2, -0.15) is 0 Å². The second-order valence-electron chi connectivity index (χ2n) is 6.63. The molecule has 2 heteroatoms. The molecule has 0 radical (unpaired) electrons. The van der Waals surface area contributed by atoms with Crippen LogP contribution >= 0.6 is 0 Å². The topological polar surface area (TPSA) is 6.48 Å². The normalized spacial score (nSPS) is 25.4. The van der Waals surface area contributed by atoms with Gasteiger partial charge >= 0.3 is 0 Å². The molecular formula is C18H28N2. The van der Waals surface area contributed by atoms with Crippen molar-refractivity contribution in [2.24, 2.45) is 0 Å². The summed E-state index contributed by atoms with van der Waals surface area (Å²) in [6, 6.07) is 10.5. The molecule has 1 aliphatic carbocycles. The zero-order chi connectivity index (χ0) is 13.9. The zero-order valence-electron chi connectivity index (χ0n) is 13.0. The van der Waals surface area contributed by atoms with E-state index in [2.05, 4.69) is 47.9 Å². The van der Waals surface area contributed by atoms with Crippen LogP contribution < -0.4 is 0 Å². The lowest BCUT2D eigenvalue weighted by molar-refractivity contribution is 0.173. The molecule has 1 heterocycles. The Morgan fingerprint density at radius 1 is 1.00 bits per heavy atom. The molecule has 1 aromatic carbocycles. The lowest BCUT2D eigenvalue weighted by Crippen LogP contribution is -2.37. The van der Waals surface area contributed by atoms with E-state index in [1.807, 2.05) is 0 Å². The van der Waals surface area contributed by atoms with E-state index < -0.39 is 0 Å². The highest BCUT2D eigenvalue weighted by Gasteiger charge is 2.27. The minimum absolute atomic E-state index is 0.673. The highest BCUT2D eigenvalue weighted by atomic mass is 15.2. The Labute approximate surface area is 123 Å². The Bertz CT molecular complexity index is 441. The number of hydrogen-bond donors (Lipinski definition) is 0. The van der Waals surface area contributed by atoms with Crippen LogP contribution in [0.5, 0.6) is 0 Å². The molecule has 0 aromatic heterocycles. The maximum absolute atomic E-state index is 2.75. The van der Waals surface area contributed by atoms with Gasteiger partial charge in [-0.3, -0.25) is 9.80 Å². The van der Waals surface area contributed by atoms with Crippen LogP contribution in [-0.2, 0) is 6.42 Å². The predicted octanol–water partition coefficient (Wildman–Crippen LogP) is 3.48. The van der Waals surface area contributed by atoms with E-state index in [4.69, 9.17) is 0 Å². The summed E-state index contributed by atoms with van der Waals surface area (Å²) >= 11 is 0. The van der Waals surface area contributed by atoms with E-state index in [9.17, 15) is 0 Å². The standard InChI is InChI=1S/C18H28N2/c1-15(2)19-11-6-12-20(14-13-19)18-10-5-8-16-7-3-4-9-17(16)18/h3-4,7,9,15,18H,5-6,8,10-14H2,1-2H3/t18-/m1/s1. The van der Waals surface area contributed by atoms with Crippen LogP contribution in [0, 0.1) is 0 Å². The van der Waals surface area contributed by atoms with Gasteiger partial charge in [0, 0.05) is 31.7 Å². The van der Waals surface area contributed by atoms with Gasteiger partial charge in [-0.05, 0) is 57.2 Å². The SMILES string of the molecule is CC(C)N1CCCN([C@@H]2CCCc3ccccc32)CC1.